The zero-order valence-corrected chi connectivity index (χ0v) is 13.2. The molecule has 2 aromatic carbocycles. The molecule has 2 heterocycles. The van der Waals surface area contributed by atoms with Crippen LogP contribution >= 0.6 is 0 Å². The summed E-state index contributed by atoms with van der Waals surface area (Å²) in [5.74, 6) is 1.34. The number of aliphatic hydroxyl groups excluding tert-OH is 1. The first-order valence-electron chi connectivity index (χ1n) is 7.56. The largest absolute Gasteiger partial charge is 0.504 e. The van der Waals surface area contributed by atoms with Crippen molar-refractivity contribution < 1.29 is 19.7 Å². The average molecular weight is 322 g/mol. The number of aromatic hydroxyl groups is 1. The SMILES string of the molecule is COc1c(O)cc2cc1Oc1ccc(cc1)C=CC(O)C=CC=C2. The van der Waals surface area contributed by atoms with Gasteiger partial charge in [-0.05, 0) is 35.4 Å². The minimum atomic E-state index is -0.671. The molecule has 2 N–H and O–H groups in total. The van der Waals surface area contributed by atoms with E-state index >= 15 is 0 Å². The van der Waals surface area contributed by atoms with Gasteiger partial charge in [0, 0.05) is 0 Å². The second kappa shape index (κ2) is 7.06. The second-order valence-electron chi connectivity index (χ2n) is 5.34. The van der Waals surface area contributed by atoms with Gasteiger partial charge in [-0.3, -0.25) is 0 Å². The standard InChI is InChI=1S/C20H18O4/c1-23-20-18(22)12-15-4-2-3-5-16(21)9-6-14-7-10-17(11-8-14)24-19(20)13-15/h2-13,16,21-22H,1H3. The average Bonchev–Trinajstić information content (AvgIpc) is 2.58. The van der Waals surface area contributed by atoms with Gasteiger partial charge >= 0.3 is 0 Å². The number of phenolic OH excluding ortho intramolecular Hbond substituents is 1. The third kappa shape index (κ3) is 3.67. The Morgan fingerprint density at radius 3 is 2.50 bits per heavy atom. The van der Waals surface area contributed by atoms with Gasteiger partial charge in [-0.2, -0.15) is 0 Å². The van der Waals surface area contributed by atoms with Crippen LogP contribution in [0.3, 0.4) is 0 Å². The van der Waals surface area contributed by atoms with Gasteiger partial charge in [-0.1, -0.05) is 48.6 Å². The zero-order chi connectivity index (χ0) is 16.9. The number of benzene rings is 2. The Bertz CT molecular complexity index is 801. The minimum absolute atomic E-state index is 0.00117. The van der Waals surface area contributed by atoms with Crippen molar-refractivity contribution in [2.45, 2.75) is 6.10 Å². The van der Waals surface area contributed by atoms with E-state index in [1.165, 1.54) is 7.11 Å². The fraction of sp³-hybridized carbons (Fsp3) is 0.100. The van der Waals surface area contributed by atoms with Gasteiger partial charge in [0.05, 0.1) is 13.2 Å². The number of allylic oxidation sites excluding steroid dienone is 2. The molecular weight excluding hydrogens is 304 g/mol. The molecule has 0 aromatic heterocycles. The molecule has 4 bridgehead atoms. The molecule has 0 aliphatic carbocycles. The lowest BCUT2D eigenvalue weighted by molar-refractivity contribution is 0.272. The summed E-state index contributed by atoms with van der Waals surface area (Å²) < 4.78 is 11.1. The molecule has 4 heteroatoms. The van der Waals surface area contributed by atoms with E-state index in [-0.39, 0.29) is 11.5 Å². The number of rotatable bonds is 1. The second-order valence-corrected chi connectivity index (χ2v) is 5.34. The molecule has 1 atom stereocenters. The molecule has 122 valence electrons. The highest BCUT2D eigenvalue weighted by molar-refractivity contribution is 5.63. The Balaban J connectivity index is 2.09. The number of methoxy groups -OCH3 is 1. The first kappa shape index (κ1) is 15.9. The summed E-state index contributed by atoms with van der Waals surface area (Å²) in [5.41, 5.74) is 1.70. The van der Waals surface area contributed by atoms with E-state index in [0.29, 0.717) is 11.5 Å². The van der Waals surface area contributed by atoms with Gasteiger partial charge in [-0.15, -0.1) is 0 Å². The number of ether oxygens (including phenoxy) is 2. The smallest absolute Gasteiger partial charge is 0.203 e. The van der Waals surface area contributed by atoms with Crippen molar-refractivity contribution in [1.29, 1.82) is 0 Å². The lowest BCUT2D eigenvalue weighted by Gasteiger charge is -2.13. The van der Waals surface area contributed by atoms with E-state index in [1.54, 1.807) is 42.5 Å². The van der Waals surface area contributed by atoms with Crippen molar-refractivity contribution in [3.63, 3.8) is 0 Å². The number of phenols is 1. The van der Waals surface area contributed by atoms with Crippen LogP contribution in [-0.4, -0.2) is 23.4 Å². The maximum absolute atomic E-state index is 10.1. The van der Waals surface area contributed by atoms with Crippen LogP contribution in [0, 0.1) is 0 Å². The van der Waals surface area contributed by atoms with Crippen LogP contribution in [-0.2, 0) is 0 Å². The highest BCUT2D eigenvalue weighted by atomic mass is 16.5. The molecule has 4 nitrogen and oxygen atoms in total. The number of fused-ring (bicyclic) bond motifs is 5. The first-order valence-corrected chi connectivity index (χ1v) is 7.56. The van der Waals surface area contributed by atoms with Crippen molar-refractivity contribution in [2.75, 3.05) is 7.11 Å². The van der Waals surface area contributed by atoms with Gasteiger partial charge in [0.1, 0.15) is 5.75 Å². The molecule has 2 aliphatic heterocycles. The summed E-state index contributed by atoms with van der Waals surface area (Å²) in [6.07, 6.45) is 9.88. The molecule has 0 spiro atoms. The van der Waals surface area contributed by atoms with E-state index in [9.17, 15) is 10.2 Å². The molecule has 0 amide bonds. The Labute approximate surface area is 140 Å². The van der Waals surface area contributed by atoms with Gasteiger partial charge in [-0.25, -0.2) is 0 Å². The van der Waals surface area contributed by atoms with E-state index < -0.39 is 6.10 Å². The van der Waals surface area contributed by atoms with Crippen LogP contribution in [0.25, 0.3) is 12.2 Å². The number of hydrogen-bond acceptors (Lipinski definition) is 4. The van der Waals surface area contributed by atoms with Crippen LogP contribution in [0.15, 0.2) is 60.7 Å². The van der Waals surface area contributed by atoms with E-state index in [4.69, 9.17) is 9.47 Å². The van der Waals surface area contributed by atoms with Crippen LogP contribution in [0.5, 0.6) is 23.0 Å². The monoisotopic (exact) mass is 322 g/mol. The Hall–Kier alpha value is -2.98. The number of hydrogen-bond donors (Lipinski definition) is 2. The predicted octanol–water partition coefficient (Wildman–Crippen LogP) is 4.15. The van der Waals surface area contributed by atoms with Crippen LogP contribution in [0.1, 0.15) is 11.1 Å². The van der Waals surface area contributed by atoms with Gasteiger partial charge in [0.2, 0.25) is 5.75 Å². The fourth-order valence-electron chi connectivity index (χ4n) is 2.38. The molecule has 2 aliphatic rings. The van der Waals surface area contributed by atoms with Crippen LogP contribution < -0.4 is 9.47 Å². The van der Waals surface area contributed by atoms with Crippen molar-refractivity contribution >= 4 is 12.2 Å². The highest BCUT2D eigenvalue weighted by Gasteiger charge is 2.12. The third-order valence-corrected chi connectivity index (χ3v) is 3.56. The van der Waals surface area contributed by atoms with Gasteiger partial charge in [0.15, 0.2) is 11.5 Å². The normalized spacial score (nSPS) is 16.3. The first-order chi connectivity index (χ1) is 11.7. The van der Waals surface area contributed by atoms with Crippen molar-refractivity contribution in [3.05, 3.63) is 71.8 Å². The Kier molecular flexibility index (Phi) is 4.68. The molecule has 2 aromatic rings. The fourth-order valence-corrected chi connectivity index (χ4v) is 2.38. The zero-order valence-electron chi connectivity index (χ0n) is 13.2. The van der Waals surface area contributed by atoms with E-state index in [0.717, 1.165) is 11.1 Å². The van der Waals surface area contributed by atoms with Crippen LogP contribution in [0.2, 0.25) is 0 Å². The van der Waals surface area contributed by atoms with Gasteiger partial charge < -0.3 is 19.7 Å². The molecule has 0 fully saturated rings. The molecule has 24 heavy (non-hydrogen) atoms. The molecule has 0 saturated heterocycles. The molecule has 0 saturated carbocycles. The summed E-state index contributed by atoms with van der Waals surface area (Å²) in [4.78, 5) is 0. The summed E-state index contributed by atoms with van der Waals surface area (Å²) in [6.45, 7) is 0. The summed E-state index contributed by atoms with van der Waals surface area (Å²) in [5, 5.41) is 20.0. The number of aliphatic hydroxyl groups is 1. The van der Waals surface area contributed by atoms with Crippen molar-refractivity contribution in [1.82, 2.24) is 0 Å². The summed E-state index contributed by atoms with van der Waals surface area (Å²) in [6, 6.07) is 10.8. The van der Waals surface area contributed by atoms with Gasteiger partial charge in [0.25, 0.3) is 0 Å². The minimum Gasteiger partial charge on any atom is -0.504 e. The predicted molar refractivity (Wildman–Crippen MR) is 94.4 cm³/mol. The molecule has 0 radical (unpaired) electrons. The summed E-state index contributed by atoms with van der Waals surface area (Å²) in [7, 11) is 1.48. The quantitative estimate of drug-likeness (QED) is 0.828. The Morgan fingerprint density at radius 2 is 1.75 bits per heavy atom. The highest BCUT2D eigenvalue weighted by Crippen LogP contribution is 2.40. The van der Waals surface area contributed by atoms with E-state index in [1.807, 2.05) is 30.3 Å². The maximum atomic E-state index is 10.1. The van der Waals surface area contributed by atoms with Crippen molar-refractivity contribution in [2.24, 2.45) is 0 Å². The topological polar surface area (TPSA) is 58.9 Å². The maximum Gasteiger partial charge on any atom is 0.203 e. The molecule has 4 rings (SSSR count). The molecular formula is C20H18O4. The Morgan fingerprint density at radius 1 is 0.958 bits per heavy atom. The summed E-state index contributed by atoms with van der Waals surface area (Å²) >= 11 is 0. The molecule has 1 unspecified atom stereocenters. The lowest BCUT2D eigenvalue weighted by atomic mass is 10.1. The van der Waals surface area contributed by atoms with E-state index in [2.05, 4.69) is 0 Å². The third-order valence-electron chi connectivity index (χ3n) is 3.56. The van der Waals surface area contributed by atoms with Crippen LogP contribution in [0.4, 0.5) is 0 Å². The lowest BCUT2D eigenvalue weighted by Crippen LogP contribution is -1.94. The van der Waals surface area contributed by atoms with Crippen molar-refractivity contribution in [3.8, 4) is 23.0 Å².